The predicted octanol–water partition coefficient (Wildman–Crippen LogP) is 6.61. The average Bonchev–Trinajstić information content (AvgIpc) is 2.87. The molecular weight excluding hydrogens is 516 g/mol. The molecule has 0 saturated carbocycles. The molecule has 0 rings (SSSR count). The molecule has 0 saturated heterocycles. The van der Waals surface area contributed by atoms with E-state index in [9.17, 15) is 24.3 Å². The average molecular weight is 575 g/mol. The van der Waals surface area contributed by atoms with Gasteiger partial charge in [0, 0.05) is 6.42 Å². The molecule has 0 radical (unpaired) electrons. The summed E-state index contributed by atoms with van der Waals surface area (Å²) in [5.41, 5.74) is -2.26. The van der Waals surface area contributed by atoms with E-state index in [4.69, 9.17) is 4.74 Å². The van der Waals surface area contributed by atoms with Gasteiger partial charge in [-0.15, -0.1) is 0 Å². The fraction of sp³-hybridized carbons (Fsp3) is 0.871. The van der Waals surface area contributed by atoms with E-state index in [0.717, 1.165) is 6.42 Å². The fourth-order valence-corrected chi connectivity index (χ4v) is 3.98. The maximum absolute atomic E-state index is 11.7. The molecule has 40 heavy (non-hydrogen) atoms. The third kappa shape index (κ3) is 24.9. The Morgan fingerprint density at radius 3 is 1.30 bits per heavy atom. The topological polar surface area (TPSA) is 125 Å². The first-order valence-electron chi connectivity index (χ1n) is 15.5. The van der Waals surface area contributed by atoms with Crippen LogP contribution in [0.15, 0.2) is 0 Å². The SMILES string of the molecule is CCCCCCCCCCCCCCCC(=O)OC(C)C.CCOC(=O)CC(O)(CC(=O)OCC)C(=O)OCC. The molecule has 0 aromatic carbocycles. The normalized spacial score (nSPS) is 10.9. The number of unbranched alkanes of at least 4 members (excludes halogenated alkanes) is 12. The van der Waals surface area contributed by atoms with Crippen LogP contribution in [0, 0.1) is 0 Å². The van der Waals surface area contributed by atoms with Crippen LogP contribution < -0.4 is 0 Å². The molecule has 1 N–H and O–H groups in total. The lowest BCUT2D eigenvalue weighted by atomic mass is 9.95. The fourth-order valence-electron chi connectivity index (χ4n) is 3.98. The lowest BCUT2D eigenvalue weighted by Gasteiger charge is -2.23. The zero-order valence-electron chi connectivity index (χ0n) is 26.2. The van der Waals surface area contributed by atoms with E-state index in [0.29, 0.717) is 6.42 Å². The third-order valence-corrected chi connectivity index (χ3v) is 5.99. The number of ether oxygens (including phenoxy) is 4. The Labute approximate surface area is 243 Å². The van der Waals surface area contributed by atoms with Gasteiger partial charge in [0.15, 0.2) is 5.60 Å². The van der Waals surface area contributed by atoms with E-state index < -0.39 is 36.4 Å². The highest BCUT2D eigenvalue weighted by Crippen LogP contribution is 2.20. The maximum atomic E-state index is 11.7. The highest BCUT2D eigenvalue weighted by atomic mass is 16.6. The summed E-state index contributed by atoms with van der Waals surface area (Å²) in [7, 11) is 0. The second-order valence-electron chi connectivity index (χ2n) is 10.2. The van der Waals surface area contributed by atoms with Gasteiger partial charge in [-0.2, -0.15) is 0 Å². The Hall–Kier alpha value is -2.16. The number of hydrogen-bond acceptors (Lipinski definition) is 9. The quantitative estimate of drug-likeness (QED) is 0.0815. The Morgan fingerprint density at radius 1 is 0.575 bits per heavy atom. The number of carbonyl (C=O) groups is 4. The number of aliphatic hydroxyl groups is 1. The summed E-state index contributed by atoms with van der Waals surface area (Å²) in [5.74, 6) is -2.66. The minimum Gasteiger partial charge on any atom is -0.466 e. The first-order valence-corrected chi connectivity index (χ1v) is 15.5. The number of esters is 4. The zero-order valence-corrected chi connectivity index (χ0v) is 26.2. The summed E-state index contributed by atoms with van der Waals surface area (Å²) in [6.07, 6.45) is 16.7. The van der Waals surface area contributed by atoms with Crippen molar-refractivity contribution in [3.05, 3.63) is 0 Å². The van der Waals surface area contributed by atoms with Gasteiger partial charge in [-0.1, -0.05) is 84.0 Å². The summed E-state index contributed by atoms with van der Waals surface area (Å²) in [4.78, 5) is 45.7. The van der Waals surface area contributed by atoms with Crippen molar-refractivity contribution in [2.75, 3.05) is 19.8 Å². The van der Waals surface area contributed by atoms with Crippen molar-refractivity contribution in [1.29, 1.82) is 0 Å². The highest BCUT2D eigenvalue weighted by molar-refractivity contribution is 5.90. The summed E-state index contributed by atoms with van der Waals surface area (Å²) < 4.78 is 19.1. The number of carbonyl (C=O) groups excluding carboxylic acids is 4. The van der Waals surface area contributed by atoms with Crippen molar-refractivity contribution in [2.24, 2.45) is 0 Å². The van der Waals surface area contributed by atoms with Gasteiger partial charge in [-0.05, 0) is 41.0 Å². The first-order chi connectivity index (χ1) is 19.1. The van der Waals surface area contributed by atoms with Crippen LogP contribution in [0.1, 0.15) is 144 Å². The Balaban J connectivity index is 0. The molecule has 0 atom stereocenters. The molecule has 0 aliphatic heterocycles. The molecule has 0 amide bonds. The van der Waals surface area contributed by atoms with Crippen molar-refractivity contribution < 1.29 is 43.2 Å². The van der Waals surface area contributed by atoms with E-state index in [1.807, 2.05) is 13.8 Å². The molecule has 0 fully saturated rings. The van der Waals surface area contributed by atoms with Crippen molar-refractivity contribution in [3.8, 4) is 0 Å². The van der Waals surface area contributed by atoms with Gasteiger partial charge < -0.3 is 24.1 Å². The lowest BCUT2D eigenvalue weighted by molar-refractivity contribution is -0.177. The number of rotatable bonds is 23. The minimum atomic E-state index is -2.26. The Bertz CT molecular complexity index is 641. The molecule has 0 aliphatic rings. The Kier molecular flexibility index (Phi) is 27.0. The Morgan fingerprint density at radius 2 is 0.950 bits per heavy atom. The molecule has 0 spiro atoms. The minimum absolute atomic E-state index is 0.0206. The zero-order chi connectivity index (χ0) is 30.7. The number of hydrogen-bond donors (Lipinski definition) is 1. The predicted molar refractivity (Wildman–Crippen MR) is 156 cm³/mol. The molecule has 0 aromatic heterocycles. The summed E-state index contributed by atoms with van der Waals surface area (Å²) >= 11 is 0. The lowest BCUT2D eigenvalue weighted by Crippen LogP contribution is -2.44. The maximum Gasteiger partial charge on any atom is 0.339 e. The van der Waals surface area contributed by atoms with Crippen LogP contribution >= 0.6 is 0 Å². The first kappa shape index (κ1) is 40.0. The van der Waals surface area contributed by atoms with Crippen LogP contribution in [0.25, 0.3) is 0 Å². The molecule has 0 unspecified atom stereocenters. The molecular formula is C31H58O9. The molecule has 0 aliphatic carbocycles. The summed E-state index contributed by atoms with van der Waals surface area (Å²) in [6.45, 7) is 11.0. The van der Waals surface area contributed by atoms with Gasteiger partial charge >= 0.3 is 23.9 Å². The van der Waals surface area contributed by atoms with Gasteiger partial charge in [0.25, 0.3) is 0 Å². The van der Waals surface area contributed by atoms with E-state index >= 15 is 0 Å². The van der Waals surface area contributed by atoms with Gasteiger partial charge in [0.05, 0.1) is 38.8 Å². The third-order valence-electron chi connectivity index (χ3n) is 5.99. The van der Waals surface area contributed by atoms with Crippen LogP contribution in [-0.4, -0.2) is 60.5 Å². The van der Waals surface area contributed by atoms with Crippen molar-refractivity contribution in [2.45, 2.75) is 156 Å². The van der Waals surface area contributed by atoms with Crippen molar-refractivity contribution in [3.63, 3.8) is 0 Å². The van der Waals surface area contributed by atoms with Crippen LogP contribution in [0.5, 0.6) is 0 Å². The smallest absolute Gasteiger partial charge is 0.339 e. The molecule has 0 aromatic rings. The van der Waals surface area contributed by atoms with Gasteiger partial charge in [0.1, 0.15) is 0 Å². The molecule has 236 valence electrons. The van der Waals surface area contributed by atoms with E-state index in [1.165, 1.54) is 77.0 Å². The second kappa shape index (κ2) is 27.0. The van der Waals surface area contributed by atoms with Crippen molar-refractivity contribution in [1.82, 2.24) is 0 Å². The van der Waals surface area contributed by atoms with Crippen LogP contribution in [0.4, 0.5) is 0 Å². The van der Waals surface area contributed by atoms with E-state index in [1.54, 1.807) is 20.8 Å². The molecule has 0 heterocycles. The van der Waals surface area contributed by atoms with Crippen molar-refractivity contribution >= 4 is 23.9 Å². The van der Waals surface area contributed by atoms with Crippen LogP contribution in [0.2, 0.25) is 0 Å². The largest absolute Gasteiger partial charge is 0.466 e. The van der Waals surface area contributed by atoms with Gasteiger partial charge in [0.2, 0.25) is 0 Å². The monoisotopic (exact) mass is 574 g/mol. The highest BCUT2D eigenvalue weighted by Gasteiger charge is 2.43. The second-order valence-corrected chi connectivity index (χ2v) is 10.2. The summed E-state index contributed by atoms with van der Waals surface area (Å²) in [6, 6.07) is 0. The van der Waals surface area contributed by atoms with E-state index in [-0.39, 0.29) is 31.9 Å². The van der Waals surface area contributed by atoms with Crippen LogP contribution in [0.3, 0.4) is 0 Å². The standard InChI is InChI=1S/C19H38O2.C12H20O7/c1-4-5-6-7-8-9-10-11-12-13-14-15-16-17-19(20)21-18(2)3;1-4-17-9(13)7-12(16,11(15)19-6-3)8-10(14)18-5-2/h18H,4-17H2,1-3H3;16H,4-8H2,1-3H3. The van der Waals surface area contributed by atoms with Gasteiger partial charge in [-0.3, -0.25) is 14.4 Å². The molecule has 0 bridgehead atoms. The summed E-state index contributed by atoms with van der Waals surface area (Å²) in [5, 5.41) is 10.1. The molecule has 9 nitrogen and oxygen atoms in total. The van der Waals surface area contributed by atoms with E-state index in [2.05, 4.69) is 21.1 Å². The van der Waals surface area contributed by atoms with Gasteiger partial charge in [-0.25, -0.2) is 4.79 Å². The van der Waals surface area contributed by atoms with Crippen LogP contribution in [-0.2, 0) is 38.1 Å². The molecule has 9 heteroatoms.